The van der Waals surface area contributed by atoms with Gasteiger partial charge in [0, 0.05) is 26.5 Å². The molecule has 0 unspecified atom stereocenters. The first-order chi connectivity index (χ1) is 25.8. The van der Waals surface area contributed by atoms with Crippen LogP contribution in [-0.4, -0.2) is 9.97 Å². The third-order valence-electron chi connectivity index (χ3n) is 10.9. The molecule has 1 aliphatic carbocycles. The summed E-state index contributed by atoms with van der Waals surface area (Å²) in [6.07, 6.45) is 0. The van der Waals surface area contributed by atoms with Gasteiger partial charge in [0.15, 0.2) is 5.82 Å². The monoisotopic (exact) mass is 678 g/mol. The zero-order chi connectivity index (χ0) is 34.2. The highest BCUT2D eigenvalue weighted by molar-refractivity contribution is 7.99. The number of hydrogen-bond donors (Lipinski definition) is 0. The molecule has 242 valence electrons. The summed E-state index contributed by atoms with van der Waals surface area (Å²) in [6.45, 7) is 0. The summed E-state index contributed by atoms with van der Waals surface area (Å²) < 4.78 is 0. The number of aromatic nitrogens is 2. The van der Waals surface area contributed by atoms with Crippen molar-refractivity contribution in [2.75, 3.05) is 0 Å². The van der Waals surface area contributed by atoms with Crippen LogP contribution in [-0.2, 0) is 5.41 Å². The van der Waals surface area contributed by atoms with Gasteiger partial charge in [-0.05, 0) is 85.3 Å². The van der Waals surface area contributed by atoms with E-state index in [4.69, 9.17) is 9.97 Å². The van der Waals surface area contributed by atoms with Crippen molar-refractivity contribution in [3.63, 3.8) is 0 Å². The molecular weight excluding hydrogens is 649 g/mol. The lowest BCUT2D eigenvalue weighted by atomic mass is 9.67. The average Bonchev–Trinajstić information content (AvgIpc) is 3.51. The van der Waals surface area contributed by atoms with Crippen molar-refractivity contribution in [3.05, 3.63) is 204 Å². The third kappa shape index (κ3) is 4.27. The summed E-state index contributed by atoms with van der Waals surface area (Å²) >= 11 is 1.86. The van der Waals surface area contributed by atoms with Gasteiger partial charge in [-0.15, -0.1) is 0 Å². The first kappa shape index (κ1) is 29.4. The van der Waals surface area contributed by atoms with Crippen molar-refractivity contribution in [1.82, 2.24) is 9.97 Å². The van der Waals surface area contributed by atoms with Crippen LogP contribution in [0.2, 0.25) is 0 Å². The highest BCUT2D eigenvalue weighted by atomic mass is 32.2. The first-order valence-electron chi connectivity index (χ1n) is 17.7. The lowest BCUT2D eigenvalue weighted by Gasteiger charge is -2.39. The molecule has 0 bridgehead atoms. The Bertz CT molecular complexity index is 2850. The summed E-state index contributed by atoms with van der Waals surface area (Å²) in [6, 6.07) is 66.0. The number of nitrogens with zero attached hydrogens (tertiary/aromatic N) is 2. The Hall–Kier alpha value is -6.29. The number of hydrogen-bond acceptors (Lipinski definition) is 3. The zero-order valence-electron chi connectivity index (χ0n) is 28.1. The van der Waals surface area contributed by atoms with Gasteiger partial charge in [0.25, 0.3) is 0 Å². The molecule has 2 heterocycles. The molecule has 0 radical (unpaired) electrons. The molecule has 2 aliphatic rings. The van der Waals surface area contributed by atoms with Crippen LogP contribution in [0.4, 0.5) is 0 Å². The minimum atomic E-state index is -0.457. The van der Waals surface area contributed by atoms with Crippen molar-refractivity contribution in [2.45, 2.75) is 15.2 Å². The maximum atomic E-state index is 5.35. The Balaban J connectivity index is 1.15. The van der Waals surface area contributed by atoms with Gasteiger partial charge in [-0.25, -0.2) is 9.97 Å². The van der Waals surface area contributed by atoms with E-state index in [1.54, 1.807) is 0 Å². The molecule has 0 saturated carbocycles. The fraction of sp³-hybridized carbons (Fsp3) is 0.0204. The number of rotatable bonds is 3. The van der Waals surface area contributed by atoms with Crippen LogP contribution in [0.15, 0.2) is 192 Å². The second kappa shape index (κ2) is 11.4. The largest absolute Gasteiger partial charge is 0.228 e. The zero-order valence-corrected chi connectivity index (χ0v) is 28.9. The SMILES string of the molecule is c1ccc(-c2cc(-c3ccc4c(ccc5ccccc54)c3)nc(-c3ccc4c(c3)C3(c5ccccc5S4)c4ccccc4-c4ccccc43)n2)cc1. The highest BCUT2D eigenvalue weighted by Gasteiger charge is 2.50. The maximum absolute atomic E-state index is 5.35. The minimum Gasteiger partial charge on any atom is -0.228 e. The van der Waals surface area contributed by atoms with Gasteiger partial charge in [0.2, 0.25) is 0 Å². The lowest BCUT2D eigenvalue weighted by molar-refractivity contribution is 0.722. The van der Waals surface area contributed by atoms with Crippen LogP contribution in [0.25, 0.3) is 66.6 Å². The fourth-order valence-corrected chi connectivity index (χ4v) is 9.82. The molecule has 1 aliphatic heterocycles. The lowest BCUT2D eigenvalue weighted by Crippen LogP contribution is -2.32. The van der Waals surface area contributed by atoms with Gasteiger partial charge in [-0.3, -0.25) is 0 Å². The molecule has 0 amide bonds. The van der Waals surface area contributed by atoms with E-state index in [0.29, 0.717) is 0 Å². The van der Waals surface area contributed by atoms with E-state index < -0.39 is 5.41 Å². The van der Waals surface area contributed by atoms with Crippen molar-refractivity contribution in [3.8, 4) is 45.0 Å². The second-order valence-corrected chi connectivity index (χ2v) is 14.8. The van der Waals surface area contributed by atoms with Gasteiger partial charge in [0.1, 0.15) is 0 Å². The Kier molecular flexibility index (Phi) is 6.43. The molecule has 1 aromatic heterocycles. The quantitative estimate of drug-likeness (QED) is 0.174. The molecule has 52 heavy (non-hydrogen) atoms. The average molecular weight is 679 g/mol. The third-order valence-corrected chi connectivity index (χ3v) is 12.1. The molecule has 0 atom stereocenters. The highest BCUT2D eigenvalue weighted by Crippen LogP contribution is 2.62. The summed E-state index contributed by atoms with van der Waals surface area (Å²) in [7, 11) is 0. The van der Waals surface area contributed by atoms with E-state index in [-0.39, 0.29) is 0 Å². The summed E-state index contributed by atoms with van der Waals surface area (Å²) in [4.78, 5) is 13.2. The van der Waals surface area contributed by atoms with Gasteiger partial charge < -0.3 is 0 Å². The number of fused-ring (bicyclic) bond motifs is 12. The maximum Gasteiger partial charge on any atom is 0.160 e. The second-order valence-electron chi connectivity index (χ2n) is 13.7. The topological polar surface area (TPSA) is 25.8 Å². The molecular formula is C49H30N2S. The van der Waals surface area contributed by atoms with Crippen molar-refractivity contribution in [2.24, 2.45) is 0 Å². The molecule has 11 rings (SSSR count). The van der Waals surface area contributed by atoms with Crippen LogP contribution in [0.1, 0.15) is 22.3 Å². The van der Waals surface area contributed by atoms with E-state index in [1.807, 2.05) is 11.8 Å². The van der Waals surface area contributed by atoms with Gasteiger partial charge in [0.05, 0.1) is 16.8 Å². The molecule has 8 aromatic carbocycles. The summed E-state index contributed by atoms with van der Waals surface area (Å²) in [5.41, 5.74) is 12.3. The van der Waals surface area contributed by atoms with E-state index in [1.165, 1.54) is 64.7 Å². The normalized spacial score (nSPS) is 13.5. The van der Waals surface area contributed by atoms with Gasteiger partial charge in [-0.2, -0.15) is 0 Å². The van der Waals surface area contributed by atoms with Gasteiger partial charge in [-0.1, -0.05) is 163 Å². The molecule has 1 spiro atoms. The number of benzene rings is 8. The standard InChI is InChI=1S/C49H30N2S/c1-2-13-32(14-3-1)44-30-45(34-24-26-37-33(28-34)23-22-31-12-4-5-15-36(31)37)51-48(50-44)35-25-27-47-43(29-35)49(42-20-10-11-21-46(42)52-47)40-18-8-6-16-38(40)39-17-7-9-19-41(39)49/h1-30H. The Morgan fingerprint density at radius 1 is 0.365 bits per heavy atom. The van der Waals surface area contributed by atoms with Crippen LogP contribution < -0.4 is 0 Å². The van der Waals surface area contributed by atoms with E-state index in [2.05, 4.69) is 182 Å². The summed E-state index contributed by atoms with van der Waals surface area (Å²) in [5.74, 6) is 0.719. The first-order valence-corrected chi connectivity index (χ1v) is 18.6. The molecule has 3 heteroatoms. The van der Waals surface area contributed by atoms with Crippen LogP contribution in [0.5, 0.6) is 0 Å². The summed E-state index contributed by atoms with van der Waals surface area (Å²) in [5, 5.41) is 4.95. The van der Waals surface area contributed by atoms with E-state index in [0.717, 1.165) is 33.9 Å². The van der Waals surface area contributed by atoms with E-state index in [9.17, 15) is 0 Å². The predicted octanol–water partition coefficient (Wildman–Crippen LogP) is 12.6. The van der Waals surface area contributed by atoms with Crippen molar-refractivity contribution < 1.29 is 0 Å². The van der Waals surface area contributed by atoms with Crippen LogP contribution >= 0.6 is 11.8 Å². The van der Waals surface area contributed by atoms with Crippen LogP contribution in [0, 0.1) is 0 Å². The Labute approximate surface area is 306 Å². The van der Waals surface area contributed by atoms with Crippen molar-refractivity contribution in [1.29, 1.82) is 0 Å². The van der Waals surface area contributed by atoms with Gasteiger partial charge >= 0.3 is 0 Å². The molecule has 0 N–H and O–H groups in total. The minimum absolute atomic E-state index is 0.457. The molecule has 0 fully saturated rings. The molecule has 9 aromatic rings. The van der Waals surface area contributed by atoms with Crippen molar-refractivity contribution >= 4 is 33.3 Å². The fourth-order valence-electron chi connectivity index (χ4n) is 8.65. The Morgan fingerprint density at radius 3 is 1.77 bits per heavy atom. The van der Waals surface area contributed by atoms with Crippen LogP contribution in [0.3, 0.4) is 0 Å². The molecule has 2 nitrogen and oxygen atoms in total. The predicted molar refractivity (Wildman–Crippen MR) is 215 cm³/mol. The Morgan fingerprint density at radius 2 is 0.962 bits per heavy atom. The smallest absolute Gasteiger partial charge is 0.160 e. The van der Waals surface area contributed by atoms with E-state index >= 15 is 0 Å². The molecule has 0 saturated heterocycles.